The molecule has 3 aromatic rings. The lowest BCUT2D eigenvalue weighted by molar-refractivity contribution is 0.0702. The Labute approximate surface area is 158 Å². The van der Waals surface area contributed by atoms with Crippen LogP contribution in [0.1, 0.15) is 21.7 Å². The van der Waals surface area contributed by atoms with Crippen LogP contribution in [0.4, 0.5) is 5.13 Å². The Bertz CT molecular complexity index is 843. The molecule has 4 nitrogen and oxygen atoms in total. The van der Waals surface area contributed by atoms with Crippen molar-refractivity contribution in [2.75, 3.05) is 18.1 Å². The lowest BCUT2D eigenvalue weighted by Gasteiger charge is -2.03. The number of thioether (sulfide) groups is 1. The molecule has 130 valence electrons. The van der Waals surface area contributed by atoms with Crippen molar-refractivity contribution in [1.82, 2.24) is 4.98 Å². The molecular weight excluding hydrogens is 372 g/mol. The van der Waals surface area contributed by atoms with Gasteiger partial charge in [-0.15, -0.1) is 34.4 Å². The molecule has 0 aliphatic rings. The first-order chi connectivity index (χ1) is 12.2. The number of hydrogen-bond acceptors (Lipinski definition) is 6. The third-order valence-corrected chi connectivity index (χ3v) is 6.69. The number of hydrogen-bond donors (Lipinski definition) is 2. The van der Waals surface area contributed by atoms with Gasteiger partial charge in [-0.2, -0.15) is 0 Å². The molecule has 2 N–H and O–H groups in total. The zero-order valence-electron chi connectivity index (χ0n) is 13.7. The van der Waals surface area contributed by atoms with E-state index >= 15 is 0 Å². The molecule has 0 amide bonds. The van der Waals surface area contributed by atoms with Gasteiger partial charge in [-0.05, 0) is 30.7 Å². The van der Waals surface area contributed by atoms with Gasteiger partial charge >= 0.3 is 5.97 Å². The van der Waals surface area contributed by atoms with Gasteiger partial charge < -0.3 is 10.4 Å². The molecule has 0 saturated carbocycles. The van der Waals surface area contributed by atoms with E-state index in [4.69, 9.17) is 0 Å². The maximum absolute atomic E-state index is 11.2. The summed E-state index contributed by atoms with van der Waals surface area (Å²) in [6, 6.07) is 12.1. The lowest BCUT2D eigenvalue weighted by Crippen LogP contribution is -2.02. The molecule has 2 aromatic heterocycles. The predicted octanol–water partition coefficient (Wildman–Crippen LogP) is 5.34. The molecule has 0 unspecified atom stereocenters. The highest BCUT2D eigenvalue weighted by atomic mass is 32.2. The quantitative estimate of drug-likeness (QED) is 0.402. The number of thiophene rings is 1. The van der Waals surface area contributed by atoms with Crippen LogP contribution in [0.3, 0.4) is 0 Å². The average molecular weight is 391 g/mol. The highest BCUT2D eigenvalue weighted by molar-refractivity contribution is 8.00. The number of carboxylic acids is 1. The van der Waals surface area contributed by atoms with E-state index in [0.717, 1.165) is 40.0 Å². The number of thiazole rings is 1. The van der Waals surface area contributed by atoms with Crippen LogP contribution in [0.15, 0.2) is 46.0 Å². The van der Waals surface area contributed by atoms with E-state index < -0.39 is 5.97 Å². The van der Waals surface area contributed by atoms with Gasteiger partial charge in [0.15, 0.2) is 5.13 Å². The van der Waals surface area contributed by atoms with Crippen LogP contribution in [-0.4, -0.2) is 28.9 Å². The molecule has 0 fully saturated rings. The van der Waals surface area contributed by atoms with Gasteiger partial charge in [0.25, 0.3) is 0 Å². The summed E-state index contributed by atoms with van der Waals surface area (Å²) in [7, 11) is 0. The van der Waals surface area contributed by atoms with Gasteiger partial charge in [-0.3, -0.25) is 0 Å². The Kier molecular flexibility index (Phi) is 6.12. The van der Waals surface area contributed by atoms with Crippen LogP contribution in [0.2, 0.25) is 0 Å². The van der Waals surface area contributed by atoms with Gasteiger partial charge in [0.1, 0.15) is 4.88 Å². The van der Waals surface area contributed by atoms with Crippen LogP contribution < -0.4 is 5.32 Å². The number of carboxylic acid groups (broad SMARTS) is 1. The van der Waals surface area contributed by atoms with Crippen molar-refractivity contribution in [3.05, 3.63) is 52.2 Å². The van der Waals surface area contributed by atoms with Crippen LogP contribution in [0.25, 0.3) is 11.3 Å². The number of benzene rings is 1. The second-order valence-corrected chi connectivity index (χ2v) is 8.36. The first kappa shape index (κ1) is 18.0. The summed E-state index contributed by atoms with van der Waals surface area (Å²) in [4.78, 5) is 16.1. The molecule has 1 aromatic carbocycles. The monoisotopic (exact) mass is 390 g/mol. The molecule has 0 aliphatic heterocycles. The molecule has 0 radical (unpaired) electrons. The Morgan fingerprint density at radius 3 is 2.84 bits per heavy atom. The number of carbonyl (C=O) groups is 1. The van der Waals surface area contributed by atoms with Crippen molar-refractivity contribution >= 4 is 45.5 Å². The molecule has 25 heavy (non-hydrogen) atoms. The van der Waals surface area contributed by atoms with Gasteiger partial charge in [0, 0.05) is 17.5 Å². The number of nitrogens with one attached hydrogen (secondary N) is 1. The highest BCUT2D eigenvalue weighted by Gasteiger charge is 2.16. The van der Waals surface area contributed by atoms with E-state index in [-0.39, 0.29) is 0 Å². The summed E-state index contributed by atoms with van der Waals surface area (Å²) in [5.74, 6) is -0.888. The molecular formula is C18H18N2O2S3. The highest BCUT2D eigenvalue weighted by Crippen LogP contribution is 2.38. The Morgan fingerprint density at radius 1 is 1.32 bits per heavy atom. The Balaban J connectivity index is 1.60. The number of anilines is 1. The fourth-order valence-corrected chi connectivity index (χ4v) is 4.88. The fourth-order valence-electron chi connectivity index (χ4n) is 2.42. The summed E-state index contributed by atoms with van der Waals surface area (Å²) in [5, 5.41) is 15.4. The molecule has 0 saturated heterocycles. The first-order valence-electron chi connectivity index (χ1n) is 7.82. The second kappa shape index (κ2) is 8.51. The molecule has 0 bridgehead atoms. The van der Waals surface area contributed by atoms with E-state index in [1.54, 1.807) is 29.2 Å². The average Bonchev–Trinajstić information content (AvgIpc) is 3.26. The normalized spacial score (nSPS) is 10.8. The second-order valence-electron chi connectivity index (χ2n) is 5.37. The molecule has 2 heterocycles. The van der Waals surface area contributed by atoms with Crippen LogP contribution in [0.5, 0.6) is 0 Å². The number of rotatable bonds is 8. The van der Waals surface area contributed by atoms with Crippen molar-refractivity contribution in [2.45, 2.75) is 17.1 Å². The minimum Gasteiger partial charge on any atom is -0.477 e. The van der Waals surface area contributed by atoms with Gasteiger partial charge in [-0.1, -0.05) is 30.3 Å². The van der Waals surface area contributed by atoms with Crippen molar-refractivity contribution < 1.29 is 9.90 Å². The van der Waals surface area contributed by atoms with Gasteiger partial charge in [-0.25, -0.2) is 9.78 Å². The minimum atomic E-state index is -0.888. The largest absolute Gasteiger partial charge is 0.477 e. The van der Waals surface area contributed by atoms with E-state index in [0.29, 0.717) is 4.88 Å². The van der Waals surface area contributed by atoms with Crippen molar-refractivity contribution in [2.24, 2.45) is 0 Å². The first-order valence-corrected chi connectivity index (χ1v) is 10.7. The summed E-state index contributed by atoms with van der Waals surface area (Å²) in [5.41, 5.74) is 3.08. The van der Waals surface area contributed by atoms with E-state index in [9.17, 15) is 9.90 Å². The number of aromatic nitrogens is 1. The third-order valence-electron chi connectivity index (χ3n) is 3.64. The SMILES string of the molecule is CSc1sc(C(=O)O)cc1-c1csc(NCCCc2ccccc2)n1. The zero-order valence-corrected chi connectivity index (χ0v) is 16.1. The van der Waals surface area contributed by atoms with Gasteiger partial charge in [0.2, 0.25) is 0 Å². The van der Waals surface area contributed by atoms with Gasteiger partial charge in [0.05, 0.1) is 9.90 Å². The third kappa shape index (κ3) is 4.62. The molecule has 0 aliphatic carbocycles. The molecule has 7 heteroatoms. The number of aryl methyl sites for hydroxylation is 1. The van der Waals surface area contributed by atoms with Crippen molar-refractivity contribution in [3.63, 3.8) is 0 Å². The fraction of sp³-hybridized carbons (Fsp3) is 0.222. The summed E-state index contributed by atoms with van der Waals surface area (Å²) >= 11 is 4.41. The standard InChI is InChI=1S/C18H18N2O2S3/c1-23-17-13(10-15(25-17)16(21)22)14-11-24-18(20-14)19-9-5-8-12-6-3-2-4-7-12/h2-4,6-7,10-11H,5,8-9H2,1H3,(H,19,20)(H,21,22). The summed E-state index contributed by atoms with van der Waals surface area (Å²) in [6.45, 7) is 0.862. The summed E-state index contributed by atoms with van der Waals surface area (Å²) < 4.78 is 0.985. The van der Waals surface area contributed by atoms with Crippen molar-refractivity contribution in [1.29, 1.82) is 0 Å². The van der Waals surface area contributed by atoms with Crippen LogP contribution in [0, 0.1) is 0 Å². The van der Waals surface area contributed by atoms with E-state index in [1.165, 1.54) is 16.9 Å². The number of nitrogens with zero attached hydrogens (tertiary/aromatic N) is 1. The minimum absolute atomic E-state index is 0.352. The van der Waals surface area contributed by atoms with E-state index in [1.807, 2.05) is 17.7 Å². The Morgan fingerprint density at radius 2 is 2.12 bits per heavy atom. The lowest BCUT2D eigenvalue weighted by atomic mass is 10.1. The van der Waals surface area contributed by atoms with E-state index in [2.05, 4.69) is 34.6 Å². The maximum Gasteiger partial charge on any atom is 0.345 e. The number of aromatic carboxylic acids is 1. The topological polar surface area (TPSA) is 62.2 Å². The molecule has 0 atom stereocenters. The molecule has 3 rings (SSSR count). The Hall–Kier alpha value is -1.83. The van der Waals surface area contributed by atoms with Crippen molar-refractivity contribution in [3.8, 4) is 11.3 Å². The summed E-state index contributed by atoms with van der Waals surface area (Å²) in [6.07, 6.45) is 4.03. The smallest absolute Gasteiger partial charge is 0.345 e. The van der Waals surface area contributed by atoms with Crippen LogP contribution >= 0.6 is 34.4 Å². The molecule has 0 spiro atoms. The zero-order chi connectivity index (χ0) is 17.6. The maximum atomic E-state index is 11.2. The predicted molar refractivity (Wildman–Crippen MR) is 107 cm³/mol. The van der Waals surface area contributed by atoms with Crippen LogP contribution in [-0.2, 0) is 6.42 Å².